The Hall–Kier alpha value is -3.56. The van der Waals surface area contributed by atoms with Gasteiger partial charge in [-0.1, -0.05) is 37.3 Å². The van der Waals surface area contributed by atoms with Gasteiger partial charge in [0.05, 0.1) is 6.54 Å². The number of nitrogens with zero attached hydrogens (tertiary/aromatic N) is 5. The molecule has 0 spiro atoms. The van der Waals surface area contributed by atoms with Gasteiger partial charge < -0.3 is 23.8 Å². The summed E-state index contributed by atoms with van der Waals surface area (Å²) in [6, 6.07) is 8.86. The Labute approximate surface area is 238 Å². The molecular formula is C30H45N5O5. The standard InChI is InChI=1S/C30H45N5O5/c1-8-25-31-15-18-32(25)16-12-17-33(21-23-13-10-9-11-14-23)26(36)24-22-34(27(37)39-29(2,3)4)19-20-35(24)28(38)40-30(5,6)7/h9-11,13-15,18,24H,8,12,16-17,19-22H2,1-7H3/t24-/m1/s1. The number of carbonyl (C=O) groups is 3. The summed E-state index contributed by atoms with van der Waals surface area (Å²) in [7, 11) is 0. The zero-order valence-electron chi connectivity index (χ0n) is 25.1. The first kappa shape index (κ1) is 31.0. The molecule has 3 amide bonds. The smallest absolute Gasteiger partial charge is 0.411 e. The third kappa shape index (κ3) is 8.99. The number of imidazole rings is 1. The summed E-state index contributed by atoms with van der Waals surface area (Å²) >= 11 is 0. The number of amides is 3. The molecule has 0 unspecified atom stereocenters. The predicted molar refractivity (Wildman–Crippen MR) is 153 cm³/mol. The van der Waals surface area contributed by atoms with Crippen LogP contribution in [0.5, 0.6) is 0 Å². The molecule has 0 bridgehead atoms. The molecule has 10 nitrogen and oxygen atoms in total. The predicted octanol–water partition coefficient (Wildman–Crippen LogP) is 4.72. The Kier molecular flexibility index (Phi) is 10.2. The number of piperazine rings is 1. The lowest BCUT2D eigenvalue weighted by Gasteiger charge is -2.42. The average Bonchev–Trinajstić information content (AvgIpc) is 3.33. The molecule has 0 radical (unpaired) electrons. The molecule has 40 heavy (non-hydrogen) atoms. The fourth-order valence-corrected chi connectivity index (χ4v) is 4.60. The van der Waals surface area contributed by atoms with Crippen molar-refractivity contribution in [3.8, 4) is 0 Å². The molecule has 2 heterocycles. The minimum atomic E-state index is -0.903. The van der Waals surface area contributed by atoms with Crippen LogP contribution in [0.2, 0.25) is 0 Å². The van der Waals surface area contributed by atoms with Gasteiger partial charge in [-0.3, -0.25) is 9.69 Å². The monoisotopic (exact) mass is 555 g/mol. The van der Waals surface area contributed by atoms with Gasteiger partial charge in [-0.05, 0) is 53.5 Å². The van der Waals surface area contributed by atoms with Gasteiger partial charge in [0, 0.05) is 51.5 Å². The van der Waals surface area contributed by atoms with E-state index in [1.54, 1.807) is 52.6 Å². The van der Waals surface area contributed by atoms with E-state index in [2.05, 4.69) is 16.5 Å². The summed E-state index contributed by atoms with van der Waals surface area (Å²) < 4.78 is 13.3. The SMILES string of the molecule is CCc1nccn1CCCN(Cc1ccccc1)C(=O)[C@H]1CN(C(=O)OC(C)(C)C)CCN1C(=O)OC(C)(C)C. The van der Waals surface area contributed by atoms with Gasteiger partial charge in [-0.2, -0.15) is 0 Å². The van der Waals surface area contributed by atoms with E-state index in [0.717, 1.165) is 17.8 Å². The van der Waals surface area contributed by atoms with Crippen molar-refractivity contribution in [2.45, 2.75) is 91.6 Å². The maximum absolute atomic E-state index is 14.2. The first-order chi connectivity index (χ1) is 18.8. The van der Waals surface area contributed by atoms with Crippen LogP contribution in [0.1, 0.15) is 66.3 Å². The highest BCUT2D eigenvalue weighted by atomic mass is 16.6. The van der Waals surface area contributed by atoms with E-state index in [1.807, 2.05) is 36.5 Å². The van der Waals surface area contributed by atoms with Crippen LogP contribution < -0.4 is 0 Å². The number of benzene rings is 1. The van der Waals surface area contributed by atoms with Crippen molar-refractivity contribution in [2.24, 2.45) is 0 Å². The van der Waals surface area contributed by atoms with Crippen molar-refractivity contribution in [1.29, 1.82) is 0 Å². The second kappa shape index (κ2) is 13.2. The third-order valence-corrected chi connectivity index (χ3v) is 6.42. The number of aryl methyl sites for hydroxylation is 2. The van der Waals surface area contributed by atoms with Crippen molar-refractivity contribution >= 4 is 18.1 Å². The number of carbonyl (C=O) groups excluding carboxylic acids is 3. The highest BCUT2D eigenvalue weighted by Gasteiger charge is 2.41. The molecule has 1 aliphatic rings. The highest BCUT2D eigenvalue weighted by Crippen LogP contribution is 2.21. The fourth-order valence-electron chi connectivity index (χ4n) is 4.60. The van der Waals surface area contributed by atoms with E-state index >= 15 is 0 Å². The number of rotatable bonds is 8. The van der Waals surface area contributed by atoms with E-state index < -0.39 is 29.4 Å². The van der Waals surface area contributed by atoms with E-state index in [9.17, 15) is 14.4 Å². The van der Waals surface area contributed by atoms with E-state index in [4.69, 9.17) is 9.47 Å². The molecule has 220 valence electrons. The maximum atomic E-state index is 14.2. The van der Waals surface area contributed by atoms with Crippen molar-refractivity contribution < 1.29 is 23.9 Å². The molecule has 1 atom stereocenters. The van der Waals surface area contributed by atoms with E-state index in [0.29, 0.717) is 26.1 Å². The maximum Gasteiger partial charge on any atom is 0.411 e. The zero-order valence-corrected chi connectivity index (χ0v) is 25.1. The van der Waals surface area contributed by atoms with Crippen molar-refractivity contribution in [3.05, 3.63) is 54.1 Å². The van der Waals surface area contributed by atoms with Gasteiger partial charge in [-0.15, -0.1) is 0 Å². The van der Waals surface area contributed by atoms with Gasteiger partial charge in [-0.25, -0.2) is 14.6 Å². The van der Waals surface area contributed by atoms with Gasteiger partial charge in [0.2, 0.25) is 5.91 Å². The molecule has 1 aliphatic heterocycles. The lowest BCUT2D eigenvalue weighted by atomic mass is 10.1. The Morgan fingerprint density at radius 1 is 0.975 bits per heavy atom. The molecule has 0 N–H and O–H groups in total. The third-order valence-electron chi connectivity index (χ3n) is 6.42. The highest BCUT2D eigenvalue weighted by molar-refractivity contribution is 5.87. The molecule has 1 aromatic carbocycles. The van der Waals surface area contributed by atoms with Crippen LogP contribution in [0, 0.1) is 0 Å². The minimum absolute atomic E-state index is 0.0276. The van der Waals surface area contributed by atoms with Crippen molar-refractivity contribution in [2.75, 3.05) is 26.2 Å². The topological polar surface area (TPSA) is 97.2 Å². The first-order valence-electron chi connectivity index (χ1n) is 14.1. The quantitative estimate of drug-likeness (QED) is 0.468. The molecule has 3 rings (SSSR count). The van der Waals surface area contributed by atoms with Crippen LogP contribution in [0.15, 0.2) is 42.7 Å². The number of aromatic nitrogens is 2. The number of hydrogen-bond donors (Lipinski definition) is 0. The summed E-state index contributed by atoms with van der Waals surface area (Å²) in [5, 5.41) is 0. The van der Waals surface area contributed by atoms with Gasteiger partial charge in [0.15, 0.2) is 0 Å². The molecular weight excluding hydrogens is 510 g/mol. The van der Waals surface area contributed by atoms with Gasteiger partial charge >= 0.3 is 12.2 Å². The summed E-state index contributed by atoms with van der Waals surface area (Å²) in [4.78, 5) is 49.6. The Balaban J connectivity index is 1.86. The molecule has 1 aromatic heterocycles. The summed E-state index contributed by atoms with van der Waals surface area (Å²) in [6.45, 7) is 14.9. The summed E-state index contributed by atoms with van der Waals surface area (Å²) in [5.41, 5.74) is -0.419. The van der Waals surface area contributed by atoms with Crippen LogP contribution in [0.3, 0.4) is 0 Å². The van der Waals surface area contributed by atoms with Crippen LogP contribution in [0.4, 0.5) is 9.59 Å². The van der Waals surface area contributed by atoms with E-state index in [1.165, 1.54) is 9.80 Å². The van der Waals surface area contributed by atoms with Gasteiger partial charge in [0.1, 0.15) is 23.1 Å². The molecule has 0 aliphatic carbocycles. The molecule has 1 fully saturated rings. The average molecular weight is 556 g/mol. The van der Waals surface area contributed by atoms with Gasteiger partial charge in [0.25, 0.3) is 0 Å². The Morgan fingerprint density at radius 3 is 2.25 bits per heavy atom. The summed E-state index contributed by atoms with van der Waals surface area (Å²) in [5.74, 6) is 0.765. The largest absolute Gasteiger partial charge is 0.444 e. The molecule has 0 saturated carbocycles. The van der Waals surface area contributed by atoms with Crippen molar-refractivity contribution in [1.82, 2.24) is 24.3 Å². The molecule has 1 saturated heterocycles. The van der Waals surface area contributed by atoms with Crippen LogP contribution >= 0.6 is 0 Å². The number of ether oxygens (including phenoxy) is 2. The second-order valence-electron chi connectivity index (χ2n) is 12.1. The lowest BCUT2D eigenvalue weighted by Crippen LogP contribution is -2.62. The molecule has 2 aromatic rings. The fraction of sp³-hybridized carbons (Fsp3) is 0.600. The normalized spacial score (nSPS) is 16.0. The lowest BCUT2D eigenvalue weighted by molar-refractivity contribution is -0.139. The summed E-state index contributed by atoms with van der Waals surface area (Å²) in [6.07, 6.45) is 4.20. The van der Waals surface area contributed by atoms with Crippen LogP contribution in [-0.2, 0) is 33.8 Å². The van der Waals surface area contributed by atoms with E-state index in [-0.39, 0.29) is 25.5 Å². The minimum Gasteiger partial charge on any atom is -0.444 e. The Morgan fingerprint density at radius 2 is 1.62 bits per heavy atom. The first-order valence-corrected chi connectivity index (χ1v) is 14.1. The Bertz CT molecular complexity index is 1140. The van der Waals surface area contributed by atoms with Crippen molar-refractivity contribution in [3.63, 3.8) is 0 Å². The van der Waals surface area contributed by atoms with Crippen LogP contribution in [-0.4, -0.2) is 85.8 Å². The molecule has 10 heteroatoms. The zero-order chi connectivity index (χ0) is 29.5. The number of hydrogen-bond acceptors (Lipinski definition) is 6. The second-order valence-corrected chi connectivity index (χ2v) is 12.1. The van der Waals surface area contributed by atoms with Crippen LogP contribution in [0.25, 0.3) is 0 Å².